The van der Waals surface area contributed by atoms with Gasteiger partial charge < -0.3 is 20.4 Å². The van der Waals surface area contributed by atoms with Crippen LogP contribution in [0.15, 0.2) is 35.5 Å². The Morgan fingerprint density at radius 1 is 1.26 bits per heavy atom. The van der Waals surface area contributed by atoms with E-state index in [1.807, 2.05) is 25.3 Å². The molecule has 2 aromatic rings. The third-order valence-corrected chi connectivity index (χ3v) is 6.47. The molecule has 1 saturated heterocycles. The molecule has 1 fully saturated rings. The Hall–Kier alpha value is -1.37. The van der Waals surface area contributed by atoms with Crippen LogP contribution in [0.5, 0.6) is 0 Å². The quantitative estimate of drug-likeness (QED) is 0.202. The van der Waals surface area contributed by atoms with E-state index in [1.165, 1.54) is 10.9 Å². The number of halogens is 1. The minimum absolute atomic E-state index is 0. The Morgan fingerprint density at radius 3 is 2.87 bits per heavy atom. The van der Waals surface area contributed by atoms with E-state index in [1.54, 1.807) is 0 Å². The van der Waals surface area contributed by atoms with Crippen LogP contribution in [0.25, 0.3) is 10.9 Å². The van der Waals surface area contributed by atoms with Gasteiger partial charge in [-0.25, -0.2) is 13.1 Å². The minimum Gasteiger partial charge on any atom is -0.377 e. The van der Waals surface area contributed by atoms with Crippen molar-refractivity contribution in [3.63, 3.8) is 0 Å². The second-order valence-corrected chi connectivity index (χ2v) is 9.38. The lowest BCUT2D eigenvalue weighted by molar-refractivity contribution is 0.0200. The van der Waals surface area contributed by atoms with Crippen molar-refractivity contribution >= 4 is 50.9 Å². The van der Waals surface area contributed by atoms with Crippen LogP contribution < -0.4 is 15.4 Å². The molecular formula is C21H34IN5O3S. The molecule has 0 bridgehead atoms. The summed E-state index contributed by atoms with van der Waals surface area (Å²) in [5.41, 5.74) is 2.37. The highest BCUT2D eigenvalue weighted by atomic mass is 127. The number of guanidine groups is 1. The Bertz CT molecular complexity index is 926. The number of nitrogens with one attached hydrogen (secondary N) is 4. The van der Waals surface area contributed by atoms with E-state index in [0.717, 1.165) is 31.2 Å². The maximum absolute atomic E-state index is 12.2. The van der Waals surface area contributed by atoms with Gasteiger partial charge in [0.05, 0.1) is 18.4 Å². The Labute approximate surface area is 202 Å². The highest BCUT2D eigenvalue weighted by Gasteiger charge is 2.17. The number of sulfonamides is 1. The lowest BCUT2D eigenvalue weighted by Gasteiger charge is -2.22. The number of H-pyrrole nitrogens is 1. The number of para-hydroxylation sites is 1. The number of rotatable bonds is 10. The molecule has 2 heterocycles. The number of aromatic nitrogens is 1. The molecule has 0 saturated carbocycles. The molecule has 0 amide bonds. The first kappa shape index (κ1) is 25.9. The Balaban J connectivity index is 0.00000341. The molecule has 3 rings (SSSR count). The third kappa shape index (κ3) is 8.59. The summed E-state index contributed by atoms with van der Waals surface area (Å²) in [6.45, 7) is 4.66. The number of fused-ring (bicyclic) bond motifs is 1. The zero-order valence-corrected chi connectivity index (χ0v) is 21.2. The smallest absolute Gasteiger partial charge is 0.213 e. The molecule has 1 atom stereocenters. The average Bonchev–Trinajstić information content (AvgIpc) is 3.16. The van der Waals surface area contributed by atoms with E-state index in [0.29, 0.717) is 32.2 Å². The number of aliphatic imine (C=N–C) groups is 1. The van der Waals surface area contributed by atoms with E-state index in [4.69, 9.17) is 4.74 Å². The van der Waals surface area contributed by atoms with Gasteiger partial charge >= 0.3 is 0 Å². The molecule has 0 spiro atoms. The van der Waals surface area contributed by atoms with Crippen LogP contribution >= 0.6 is 24.0 Å². The zero-order valence-electron chi connectivity index (χ0n) is 18.0. The first-order valence-electron chi connectivity index (χ1n) is 10.7. The predicted molar refractivity (Wildman–Crippen MR) is 137 cm³/mol. The summed E-state index contributed by atoms with van der Waals surface area (Å²) in [4.78, 5) is 7.69. The number of ether oxygens (including phenoxy) is 1. The summed E-state index contributed by atoms with van der Waals surface area (Å²) in [5.74, 6) is 0.585. The molecule has 1 unspecified atom stereocenters. The van der Waals surface area contributed by atoms with E-state index in [-0.39, 0.29) is 42.4 Å². The highest BCUT2D eigenvalue weighted by Crippen LogP contribution is 2.17. The fraction of sp³-hybridized carbons (Fsp3) is 0.571. The summed E-state index contributed by atoms with van der Waals surface area (Å²) in [7, 11) is -3.37. The van der Waals surface area contributed by atoms with Gasteiger partial charge in [0.15, 0.2) is 5.96 Å². The van der Waals surface area contributed by atoms with Gasteiger partial charge in [0.25, 0.3) is 0 Å². The molecule has 174 valence electrons. The van der Waals surface area contributed by atoms with Crippen LogP contribution in [0, 0.1) is 0 Å². The molecule has 4 N–H and O–H groups in total. The molecular weight excluding hydrogens is 529 g/mol. The molecule has 31 heavy (non-hydrogen) atoms. The van der Waals surface area contributed by atoms with E-state index < -0.39 is 10.0 Å². The van der Waals surface area contributed by atoms with Gasteiger partial charge in [-0.05, 0) is 44.2 Å². The molecule has 1 aliphatic rings. The first-order valence-corrected chi connectivity index (χ1v) is 12.4. The second kappa shape index (κ2) is 13.2. The zero-order chi connectivity index (χ0) is 21.2. The number of hydrogen-bond acceptors (Lipinski definition) is 4. The third-order valence-electron chi connectivity index (χ3n) is 5.14. The predicted octanol–water partition coefficient (Wildman–Crippen LogP) is 2.37. The monoisotopic (exact) mass is 563 g/mol. The van der Waals surface area contributed by atoms with Crippen molar-refractivity contribution in [2.45, 2.75) is 38.7 Å². The normalized spacial score (nSPS) is 17.3. The average molecular weight is 564 g/mol. The van der Waals surface area contributed by atoms with Crippen molar-refractivity contribution in [1.29, 1.82) is 0 Å². The van der Waals surface area contributed by atoms with Crippen LogP contribution in [-0.4, -0.2) is 64.0 Å². The van der Waals surface area contributed by atoms with Gasteiger partial charge in [-0.2, -0.15) is 0 Å². The summed E-state index contributed by atoms with van der Waals surface area (Å²) in [6, 6.07) is 8.22. The van der Waals surface area contributed by atoms with Crippen molar-refractivity contribution < 1.29 is 13.2 Å². The fourth-order valence-electron chi connectivity index (χ4n) is 3.53. The van der Waals surface area contributed by atoms with Crippen molar-refractivity contribution in [1.82, 2.24) is 20.3 Å². The fourth-order valence-corrected chi connectivity index (χ4v) is 4.45. The molecule has 1 aliphatic heterocycles. The Morgan fingerprint density at radius 2 is 2.10 bits per heavy atom. The van der Waals surface area contributed by atoms with Crippen LogP contribution in [0.2, 0.25) is 0 Å². The van der Waals surface area contributed by atoms with E-state index >= 15 is 0 Å². The van der Waals surface area contributed by atoms with Gasteiger partial charge in [-0.15, -0.1) is 24.0 Å². The summed E-state index contributed by atoms with van der Waals surface area (Å²) in [6.07, 6.45) is 5.91. The maximum Gasteiger partial charge on any atom is 0.213 e. The van der Waals surface area contributed by atoms with Crippen LogP contribution in [0.1, 0.15) is 31.7 Å². The van der Waals surface area contributed by atoms with Crippen molar-refractivity contribution in [2.75, 3.05) is 38.5 Å². The van der Waals surface area contributed by atoms with Crippen LogP contribution in [-0.2, 0) is 21.2 Å². The highest BCUT2D eigenvalue weighted by molar-refractivity contribution is 14.0. The topological polar surface area (TPSA) is 108 Å². The molecule has 1 aromatic heterocycles. The number of aromatic amines is 1. The van der Waals surface area contributed by atoms with E-state index in [2.05, 4.69) is 37.5 Å². The van der Waals surface area contributed by atoms with Crippen LogP contribution in [0.3, 0.4) is 0 Å². The molecule has 8 nitrogen and oxygen atoms in total. The molecule has 10 heteroatoms. The van der Waals surface area contributed by atoms with Crippen molar-refractivity contribution in [3.05, 3.63) is 36.0 Å². The lowest BCUT2D eigenvalue weighted by Crippen LogP contribution is -2.39. The van der Waals surface area contributed by atoms with Crippen molar-refractivity contribution in [2.24, 2.45) is 4.99 Å². The standard InChI is InChI=1S/C21H33N5O3S.HI/c1-2-22-21(23-11-10-17-15-25-20-9-4-3-8-19(17)20)24-12-14-30(27,28)26-16-18-7-5-6-13-29-18;/h3-4,8-9,15,18,25-26H,2,5-7,10-14,16H2,1H3,(H2,22,23,24);1H. The van der Waals surface area contributed by atoms with Crippen molar-refractivity contribution in [3.8, 4) is 0 Å². The van der Waals surface area contributed by atoms with Gasteiger partial charge in [-0.3, -0.25) is 4.99 Å². The number of benzene rings is 1. The SMILES string of the molecule is CCNC(=NCCS(=O)(=O)NCC1CCCCO1)NCCc1c[nH]c2ccccc12.I. The van der Waals surface area contributed by atoms with Gasteiger partial charge in [0, 0.05) is 43.3 Å². The minimum atomic E-state index is -3.37. The Kier molecular flexibility index (Phi) is 11.1. The number of nitrogens with zero attached hydrogens (tertiary/aromatic N) is 1. The summed E-state index contributed by atoms with van der Waals surface area (Å²) in [5, 5.41) is 7.67. The van der Waals surface area contributed by atoms with Gasteiger partial charge in [0.2, 0.25) is 10.0 Å². The first-order chi connectivity index (χ1) is 14.6. The molecule has 0 aliphatic carbocycles. The summed E-state index contributed by atoms with van der Waals surface area (Å²) < 4.78 is 32.7. The molecule has 1 aromatic carbocycles. The second-order valence-electron chi connectivity index (χ2n) is 7.45. The van der Waals surface area contributed by atoms with Crippen LogP contribution in [0.4, 0.5) is 0 Å². The largest absolute Gasteiger partial charge is 0.377 e. The van der Waals surface area contributed by atoms with Gasteiger partial charge in [-0.1, -0.05) is 18.2 Å². The molecule has 0 radical (unpaired) electrons. The number of hydrogen-bond donors (Lipinski definition) is 4. The van der Waals surface area contributed by atoms with E-state index in [9.17, 15) is 8.42 Å². The summed E-state index contributed by atoms with van der Waals surface area (Å²) >= 11 is 0. The van der Waals surface area contributed by atoms with Gasteiger partial charge in [0.1, 0.15) is 0 Å². The lowest BCUT2D eigenvalue weighted by atomic mass is 10.1. The maximum atomic E-state index is 12.2.